The van der Waals surface area contributed by atoms with Crippen LogP contribution in [-0.2, 0) is 12.3 Å². The number of rotatable bonds is 6. The molecule has 7 heteroatoms. The van der Waals surface area contributed by atoms with Gasteiger partial charge in [-0.05, 0) is 17.5 Å². The van der Waals surface area contributed by atoms with Crippen molar-refractivity contribution in [2.24, 2.45) is 0 Å². The Labute approximate surface area is 143 Å². The van der Waals surface area contributed by atoms with Crippen molar-refractivity contribution in [3.05, 3.63) is 52.7 Å². The lowest BCUT2D eigenvalue weighted by Gasteiger charge is -2.22. The molecule has 116 valence electrons. The van der Waals surface area contributed by atoms with Crippen molar-refractivity contribution in [1.29, 1.82) is 0 Å². The van der Waals surface area contributed by atoms with Crippen LogP contribution in [0.5, 0.6) is 0 Å². The number of anilines is 1. The average Bonchev–Trinajstić information content (AvgIpc) is 2.95. The summed E-state index contributed by atoms with van der Waals surface area (Å²) < 4.78 is 2.14. The zero-order chi connectivity index (χ0) is 15.4. The molecule has 0 radical (unpaired) electrons. The van der Waals surface area contributed by atoms with E-state index in [1.54, 1.807) is 23.3 Å². The fraction of sp³-hybridized carbons (Fsp3) is 0.267. The molecular weight excluding hydrogens is 338 g/mol. The van der Waals surface area contributed by atoms with Crippen molar-refractivity contribution in [3.63, 3.8) is 0 Å². The molecule has 0 atom stereocenters. The largest absolute Gasteiger partial charge is 0.395 e. The van der Waals surface area contributed by atoms with Gasteiger partial charge in [0.05, 0.1) is 23.1 Å². The van der Waals surface area contributed by atoms with Gasteiger partial charge < -0.3 is 14.7 Å². The number of nitrogens with one attached hydrogen (secondary N) is 1. The lowest BCUT2D eigenvalue weighted by Crippen LogP contribution is -2.13. The third-order valence-corrected chi connectivity index (χ3v) is 5.41. The molecule has 3 rings (SSSR count). The van der Waals surface area contributed by atoms with Crippen molar-refractivity contribution >= 4 is 45.0 Å². The van der Waals surface area contributed by atoms with Crippen molar-refractivity contribution < 1.29 is 5.11 Å². The summed E-state index contributed by atoms with van der Waals surface area (Å²) in [6.07, 6.45) is 1.94. The zero-order valence-electron chi connectivity index (χ0n) is 11.8. The van der Waals surface area contributed by atoms with E-state index in [0.29, 0.717) is 11.6 Å². The van der Waals surface area contributed by atoms with E-state index in [1.807, 2.05) is 12.3 Å². The summed E-state index contributed by atoms with van der Waals surface area (Å²) in [5.74, 6) is 0.908. The Balaban J connectivity index is 1.65. The van der Waals surface area contributed by atoms with Gasteiger partial charge in [-0.2, -0.15) is 0 Å². The van der Waals surface area contributed by atoms with Crippen molar-refractivity contribution in [3.8, 4) is 0 Å². The molecular formula is C15H16ClN3OS2. The minimum atomic E-state index is 0.0901. The number of halogens is 1. The molecule has 0 saturated carbocycles. The van der Waals surface area contributed by atoms with Crippen LogP contribution >= 0.6 is 34.9 Å². The maximum absolute atomic E-state index is 8.87. The van der Waals surface area contributed by atoms with E-state index in [2.05, 4.69) is 38.9 Å². The first kappa shape index (κ1) is 15.7. The Bertz CT molecular complexity index is 660. The number of aromatic nitrogens is 1. The Kier molecular flexibility index (Phi) is 5.25. The second-order valence-electron chi connectivity index (χ2n) is 4.75. The first-order valence-electron chi connectivity index (χ1n) is 6.92. The maximum Gasteiger partial charge on any atom is 0.183 e. The van der Waals surface area contributed by atoms with Crippen LogP contribution in [0.1, 0.15) is 16.1 Å². The highest BCUT2D eigenvalue weighted by atomic mass is 35.5. The highest BCUT2D eigenvalue weighted by molar-refractivity contribution is 7.96. The van der Waals surface area contributed by atoms with Gasteiger partial charge in [0.1, 0.15) is 5.69 Å². The van der Waals surface area contributed by atoms with Gasteiger partial charge in [-0.15, -0.1) is 0 Å². The van der Waals surface area contributed by atoms with Crippen LogP contribution in [-0.4, -0.2) is 27.5 Å². The van der Waals surface area contributed by atoms with Crippen LogP contribution in [0, 0.1) is 0 Å². The molecule has 2 N–H and O–H groups in total. The van der Waals surface area contributed by atoms with Gasteiger partial charge in [0.2, 0.25) is 0 Å². The van der Waals surface area contributed by atoms with Crippen LogP contribution in [0.2, 0.25) is 0 Å². The molecule has 0 unspecified atom stereocenters. The Morgan fingerprint density at radius 1 is 1.36 bits per heavy atom. The number of nitrogens with zero attached hydrogens (tertiary/aromatic N) is 2. The summed E-state index contributed by atoms with van der Waals surface area (Å²) in [7, 11) is 0. The highest BCUT2D eigenvalue weighted by Crippen LogP contribution is 2.37. The molecule has 4 nitrogen and oxygen atoms in total. The molecule has 0 saturated heterocycles. The number of thiazole rings is 1. The predicted molar refractivity (Wildman–Crippen MR) is 94.8 cm³/mol. The summed E-state index contributed by atoms with van der Waals surface area (Å²) in [6.45, 7) is 1.38. The van der Waals surface area contributed by atoms with Gasteiger partial charge in [0.25, 0.3) is 0 Å². The first-order chi connectivity index (χ1) is 10.8. The summed E-state index contributed by atoms with van der Waals surface area (Å²) in [5.41, 5.74) is 2.14. The molecule has 1 aromatic carbocycles. The minimum absolute atomic E-state index is 0.0901. The van der Waals surface area contributed by atoms with Crippen molar-refractivity contribution in [2.75, 3.05) is 18.5 Å². The molecule has 2 aromatic rings. The van der Waals surface area contributed by atoms with Crippen molar-refractivity contribution in [1.82, 2.24) is 9.29 Å². The van der Waals surface area contributed by atoms with Gasteiger partial charge in [0.15, 0.2) is 5.13 Å². The first-order valence-corrected chi connectivity index (χ1v) is 9.05. The zero-order valence-corrected chi connectivity index (χ0v) is 14.2. The SMILES string of the molecule is OCCNc1nc2c(s1)CN(SCc1ccccc1)C=C2Cl. The lowest BCUT2D eigenvalue weighted by molar-refractivity contribution is 0.311. The summed E-state index contributed by atoms with van der Waals surface area (Å²) >= 11 is 9.67. The fourth-order valence-corrected chi connectivity index (χ4v) is 4.45. The topological polar surface area (TPSA) is 48.4 Å². The number of hydrogen-bond donors (Lipinski definition) is 2. The van der Waals surface area contributed by atoms with Gasteiger partial charge in [0, 0.05) is 18.5 Å². The third kappa shape index (κ3) is 3.76. The molecule has 2 heterocycles. The minimum Gasteiger partial charge on any atom is -0.395 e. The van der Waals surface area contributed by atoms with Crippen LogP contribution in [0.25, 0.3) is 5.03 Å². The van der Waals surface area contributed by atoms with E-state index in [0.717, 1.165) is 28.0 Å². The normalized spacial score (nSPS) is 13.7. The van der Waals surface area contributed by atoms with E-state index < -0.39 is 0 Å². The molecule has 0 aliphatic carbocycles. The van der Waals surface area contributed by atoms with E-state index in [-0.39, 0.29) is 6.61 Å². The Hall–Kier alpha value is -1.21. The van der Waals surface area contributed by atoms with Gasteiger partial charge >= 0.3 is 0 Å². The fourth-order valence-electron chi connectivity index (χ4n) is 2.07. The smallest absolute Gasteiger partial charge is 0.183 e. The number of benzene rings is 1. The second kappa shape index (κ2) is 7.37. The second-order valence-corrected chi connectivity index (χ2v) is 7.26. The molecule has 0 spiro atoms. The predicted octanol–water partition coefficient (Wildman–Crippen LogP) is 3.75. The molecule has 0 amide bonds. The van der Waals surface area contributed by atoms with E-state index in [1.165, 1.54) is 5.56 Å². The lowest BCUT2D eigenvalue weighted by atomic mass is 10.2. The molecule has 1 aliphatic heterocycles. The van der Waals surface area contributed by atoms with Crippen LogP contribution < -0.4 is 5.32 Å². The molecule has 0 fully saturated rings. The molecule has 0 bridgehead atoms. The van der Waals surface area contributed by atoms with Gasteiger partial charge in [-0.25, -0.2) is 4.98 Å². The number of aliphatic hydroxyl groups excluding tert-OH is 1. The van der Waals surface area contributed by atoms with Gasteiger partial charge in [-0.3, -0.25) is 0 Å². The number of fused-ring (bicyclic) bond motifs is 1. The van der Waals surface area contributed by atoms with Crippen LogP contribution in [0.4, 0.5) is 5.13 Å². The molecule has 1 aliphatic rings. The Morgan fingerprint density at radius 2 is 2.18 bits per heavy atom. The summed E-state index contributed by atoms with van der Waals surface area (Å²) in [6, 6.07) is 10.4. The Morgan fingerprint density at radius 3 is 2.95 bits per heavy atom. The average molecular weight is 354 g/mol. The van der Waals surface area contributed by atoms with Crippen LogP contribution in [0.15, 0.2) is 36.5 Å². The molecule has 1 aromatic heterocycles. The van der Waals surface area contributed by atoms with Crippen LogP contribution in [0.3, 0.4) is 0 Å². The van der Waals surface area contributed by atoms with Gasteiger partial charge in [-0.1, -0.05) is 53.3 Å². The van der Waals surface area contributed by atoms with E-state index in [4.69, 9.17) is 16.7 Å². The standard InChI is InChI=1S/C15H16ClN3OS2/c16-12-8-19(21-10-11-4-2-1-3-5-11)9-13-14(12)18-15(22-13)17-6-7-20/h1-5,8,20H,6-7,9-10H2,(H,17,18). The molecule has 22 heavy (non-hydrogen) atoms. The highest BCUT2D eigenvalue weighted by Gasteiger charge is 2.21. The quantitative estimate of drug-likeness (QED) is 0.774. The van der Waals surface area contributed by atoms with Crippen molar-refractivity contribution in [2.45, 2.75) is 12.3 Å². The summed E-state index contributed by atoms with van der Waals surface area (Å²) in [5, 5.41) is 13.4. The maximum atomic E-state index is 8.87. The number of aliphatic hydroxyl groups is 1. The summed E-state index contributed by atoms with van der Waals surface area (Å²) in [4.78, 5) is 5.63. The third-order valence-electron chi connectivity index (χ3n) is 3.11. The van der Waals surface area contributed by atoms with E-state index in [9.17, 15) is 0 Å². The number of hydrogen-bond acceptors (Lipinski definition) is 6. The monoisotopic (exact) mass is 353 g/mol. The van der Waals surface area contributed by atoms with E-state index >= 15 is 0 Å².